The van der Waals surface area contributed by atoms with Gasteiger partial charge >= 0.3 is 0 Å². The van der Waals surface area contributed by atoms with Crippen LogP contribution >= 0.6 is 11.3 Å². The molecule has 0 amide bonds. The van der Waals surface area contributed by atoms with Crippen LogP contribution < -0.4 is 0 Å². The standard InChI is InChI=1S/C11H9N3OS/c1-7-6-12-10-5-8(9-3-2-4-16-9)13-14(10)11(7)15/h2-7H,1H3. The summed E-state index contributed by atoms with van der Waals surface area (Å²) in [5.41, 5.74) is 0.810. The number of fused-ring (bicyclic) bond motifs is 1. The molecule has 0 N–H and O–H groups in total. The second-order valence-electron chi connectivity index (χ2n) is 3.68. The zero-order valence-corrected chi connectivity index (χ0v) is 9.44. The van der Waals surface area contributed by atoms with Crippen LogP contribution in [-0.4, -0.2) is 21.9 Å². The minimum absolute atomic E-state index is 0.0205. The molecule has 2 aromatic heterocycles. The third kappa shape index (κ3) is 1.32. The van der Waals surface area contributed by atoms with Gasteiger partial charge in [0.05, 0.1) is 10.8 Å². The first-order valence-electron chi connectivity index (χ1n) is 4.98. The van der Waals surface area contributed by atoms with Crippen LogP contribution in [0, 0.1) is 5.92 Å². The van der Waals surface area contributed by atoms with Crippen molar-refractivity contribution in [2.45, 2.75) is 6.92 Å². The lowest BCUT2D eigenvalue weighted by atomic mass is 10.2. The molecule has 16 heavy (non-hydrogen) atoms. The summed E-state index contributed by atoms with van der Waals surface area (Å²) in [7, 11) is 0. The van der Waals surface area contributed by atoms with Gasteiger partial charge in [0.25, 0.3) is 5.91 Å². The Balaban J connectivity index is 2.12. The highest BCUT2D eigenvalue weighted by Crippen LogP contribution is 2.29. The second-order valence-corrected chi connectivity index (χ2v) is 4.63. The first-order chi connectivity index (χ1) is 7.75. The fraction of sp³-hybridized carbons (Fsp3) is 0.182. The van der Waals surface area contributed by atoms with Crippen molar-refractivity contribution in [3.8, 4) is 10.6 Å². The number of nitrogens with zero attached hydrogens (tertiary/aromatic N) is 3. The zero-order valence-electron chi connectivity index (χ0n) is 8.62. The molecule has 0 bridgehead atoms. The van der Waals surface area contributed by atoms with Gasteiger partial charge in [-0.3, -0.25) is 4.79 Å². The maximum atomic E-state index is 11.8. The SMILES string of the molecule is CC1C=Nc2cc(-c3cccs3)nn2C1=O. The number of hydrogen-bond acceptors (Lipinski definition) is 4. The Bertz CT molecular complexity index is 568. The molecule has 5 heteroatoms. The van der Waals surface area contributed by atoms with Gasteiger partial charge in [0.2, 0.25) is 0 Å². The van der Waals surface area contributed by atoms with E-state index in [2.05, 4.69) is 10.1 Å². The van der Waals surface area contributed by atoms with E-state index in [-0.39, 0.29) is 11.8 Å². The fourth-order valence-electron chi connectivity index (χ4n) is 1.61. The molecule has 0 saturated heterocycles. The van der Waals surface area contributed by atoms with Gasteiger partial charge in [-0.25, -0.2) is 4.99 Å². The van der Waals surface area contributed by atoms with Crippen molar-refractivity contribution < 1.29 is 4.79 Å². The average Bonchev–Trinajstić information content (AvgIpc) is 2.91. The number of thiophene rings is 1. The average molecular weight is 231 g/mol. The minimum atomic E-state index is -0.191. The van der Waals surface area contributed by atoms with Crippen molar-refractivity contribution in [1.82, 2.24) is 9.78 Å². The van der Waals surface area contributed by atoms with E-state index in [1.165, 1.54) is 4.68 Å². The van der Waals surface area contributed by atoms with Gasteiger partial charge in [0.1, 0.15) is 5.69 Å². The molecule has 1 aliphatic heterocycles. The number of aliphatic imine (C=N–C) groups is 1. The van der Waals surface area contributed by atoms with Crippen LogP contribution in [0.4, 0.5) is 5.82 Å². The molecule has 1 atom stereocenters. The van der Waals surface area contributed by atoms with Gasteiger partial charge in [-0.2, -0.15) is 9.78 Å². The predicted octanol–water partition coefficient (Wildman–Crippen LogP) is 2.60. The number of hydrogen-bond donors (Lipinski definition) is 0. The normalized spacial score (nSPS) is 18.8. The summed E-state index contributed by atoms with van der Waals surface area (Å²) in [5, 5.41) is 6.28. The van der Waals surface area contributed by atoms with E-state index in [9.17, 15) is 4.79 Å². The molecule has 0 aliphatic carbocycles. The summed E-state index contributed by atoms with van der Waals surface area (Å²) in [4.78, 5) is 17.1. The van der Waals surface area contributed by atoms with Crippen LogP contribution in [0.3, 0.4) is 0 Å². The van der Waals surface area contributed by atoms with Crippen molar-refractivity contribution in [3.63, 3.8) is 0 Å². The van der Waals surface area contributed by atoms with E-state index in [0.29, 0.717) is 5.82 Å². The lowest BCUT2D eigenvalue weighted by Crippen LogP contribution is -2.24. The molecule has 4 nitrogen and oxygen atoms in total. The fourth-order valence-corrected chi connectivity index (χ4v) is 2.30. The van der Waals surface area contributed by atoms with Crippen LogP contribution in [0.2, 0.25) is 0 Å². The quantitative estimate of drug-likeness (QED) is 0.757. The monoisotopic (exact) mass is 231 g/mol. The highest BCUT2D eigenvalue weighted by Gasteiger charge is 2.23. The van der Waals surface area contributed by atoms with Gasteiger partial charge < -0.3 is 0 Å². The van der Waals surface area contributed by atoms with Crippen LogP contribution in [0.1, 0.15) is 11.7 Å². The lowest BCUT2D eigenvalue weighted by molar-refractivity contribution is 0.0864. The summed E-state index contributed by atoms with van der Waals surface area (Å²) >= 11 is 1.60. The first kappa shape index (κ1) is 9.47. The molecule has 2 aromatic rings. The Morgan fingerprint density at radius 2 is 2.38 bits per heavy atom. The molecular weight excluding hydrogens is 222 g/mol. The van der Waals surface area contributed by atoms with Crippen molar-refractivity contribution >= 4 is 29.3 Å². The Labute approximate surface area is 96.2 Å². The van der Waals surface area contributed by atoms with E-state index in [1.54, 1.807) is 17.6 Å². The van der Waals surface area contributed by atoms with E-state index in [0.717, 1.165) is 10.6 Å². The number of aromatic nitrogens is 2. The molecule has 0 saturated carbocycles. The molecule has 0 aromatic carbocycles. The summed E-state index contributed by atoms with van der Waals surface area (Å²) < 4.78 is 1.39. The third-order valence-corrected chi connectivity index (χ3v) is 3.39. The second kappa shape index (κ2) is 3.38. The molecule has 1 aliphatic rings. The van der Waals surface area contributed by atoms with Crippen LogP contribution in [0.25, 0.3) is 10.6 Å². The Morgan fingerprint density at radius 3 is 3.12 bits per heavy atom. The lowest BCUT2D eigenvalue weighted by Gasteiger charge is -2.10. The molecule has 80 valence electrons. The molecule has 0 spiro atoms. The highest BCUT2D eigenvalue weighted by molar-refractivity contribution is 7.13. The minimum Gasteiger partial charge on any atom is -0.272 e. The van der Waals surface area contributed by atoms with Gasteiger partial charge in [0, 0.05) is 12.3 Å². The molecule has 0 radical (unpaired) electrons. The topological polar surface area (TPSA) is 47.2 Å². The Kier molecular flexibility index (Phi) is 2.00. The van der Waals surface area contributed by atoms with E-state index >= 15 is 0 Å². The molecule has 3 heterocycles. The van der Waals surface area contributed by atoms with Crippen LogP contribution in [0.15, 0.2) is 28.6 Å². The largest absolute Gasteiger partial charge is 0.272 e. The zero-order chi connectivity index (χ0) is 11.1. The van der Waals surface area contributed by atoms with Gasteiger partial charge in [-0.15, -0.1) is 11.3 Å². The molecule has 0 fully saturated rings. The van der Waals surface area contributed by atoms with E-state index in [1.807, 2.05) is 30.5 Å². The number of carbonyl (C=O) groups is 1. The van der Waals surface area contributed by atoms with Gasteiger partial charge in [-0.1, -0.05) is 6.07 Å². The summed E-state index contributed by atoms with van der Waals surface area (Å²) in [6.07, 6.45) is 1.66. The number of rotatable bonds is 1. The van der Waals surface area contributed by atoms with Crippen LogP contribution in [0.5, 0.6) is 0 Å². The van der Waals surface area contributed by atoms with Crippen molar-refractivity contribution in [2.24, 2.45) is 10.9 Å². The van der Waals surface area contributed by atoms with Crippen molar-refractivity contribution in [1.29, 1.82) is 0 Å². The predicted molar refractivity (Wildman–Crippen MR) is 63.5 cm³/mol. The Morgan fingerprint density at radius 1 is 1.50 bits per heavy atom. The number of carbonyl (C=O) groups excluding carboxylic acids is 1. The molecular formula is C11H9N3OS. The molecule has 1 unspecified atom stereocenters. The van der Waals surface area contributed by atoms with Gasteiger partial charge in [0.15, 0.2) is 5.82 Å². The molecule has 3 rings (SSSR count). The van der Waals surface area contributed by atoms with Crippen molar-refractivity contribution in [2.75, 3.05) is 0 Å². The Hall–Kier alpha value is -1.75. The summed E-state index contributed by atoms with van der Waals surface area (Å²) in [6, 6.07) is 5.79. The summed E-state index contributed by atoms with van der Waals surface area (Å²) in [6.45, 7) is 1.82. The first-order valence-corrected chi connectivity index (χ1v) is 5.86. The maximum absolute atomic E-state index is 11.8. The van der Waals surface area contributed by atoms with E-state index in [4.69, 9.17) is 0 Å². The summed E-state index contributed by atoms with van der Waals surface area (Å²) in [5.74, 6) is 0.405. The van der Waals surface area contributed by atoms with E-state index < -0.39 is 0 Å². The van der Waals surface area contributed by atoms with Crippen molar-refractivity contribution in [3.05, 3.63) is 23.6 Å². The third-order valence-electron chi connectivity index (χ3n) is 2.49. The smallest absolute Gasteiger partial charge is 0.257 e. The van der Waals surface area contributed by atoms with Gasteiger partial charge in [-0.05, 0) is 18.4 Å². The maximum Gasteiger partial charge on any atom is 0.257 e. The highest BCUT2D eigenvalue weighted by atomic mass is 32.1. The van der Waals surface area contributed by atoms with Crippen LogP contribution in [-0.2, 0) is 0 Å².